The van der Waals surface area contributed by atoms with Gasteiger partial charge in [0, 0.05) is 6.07 Å². The van der Waals surface area contributed by atoms with Gasteiger partial charge in [0.05, 0.1) is 36.7 Å². The minimum Gasteiger partial charge on any atom is -0.497 e. The molecule has 9 heteroatoms. The van der Waals surface area contributed by atoms with Crippen molar-refractivity contribution in [2.45, 2.75) is 23.5 Å². The Labute approximate surface area is 161 Å². The van der Waals surface area contributed by atoms with E-state index in [2.05, 4.69) is 4.74 Å². The number of carbonyl (C=O) groups excluding carboxylic acids is 2. The van der Waals surface area contributed by atoms with Crippen molar-refractivity contribution in [1.82, 2.24) is 0 Å². The molecule has 0 amide bonds. The van der Waals surface area contributed by atoms with Gasteiger partial charge in [-0.05, 0) is 38.1 Å². The van der Waals surface area contributed by atoms with Crippen LogP contribution in [0, 0.1) is 10.1 Å². The molecule has 0 spiro atoms. The summed E-state index contributed by atoms with van der Waals surface area (Å²) in [7, 11) is 3.86. The van der Waals surface area contributed by atoms with Gasteiger partial charge in [-0.25, -0.2) is 4.79 Å². The van der Waals surface area contributed by atoms with Gasteiger partial charge in [-0.2, -0.15) is 0 Å². The Hall–Kier alpha value is -2.81. The van der Waals surface area contributed by atoms with Gasteiger partial charge in [-0.3, -0.25) is 14.9 Å². The van der Waals surface area contributed by atoms with Crippen molar-refractivity contribution >= 4 is 29.4 Å². The van der Waals surface area contributed by atoms with Crippen LogP contribution in [0.4, 0.5) is 5.69 Å². The van der Waals surface area contributed by atoms with Crippen LogP contribution in [0.1, 0.15) is 24.2 Å². The number of nitro benzene ring substituents is 1. The third-order valence-electron chi connectivity index (χ3n) is 3.47. The number of hydrogen-bond donors (Lipinski definition) is 0. The first kappa shape index (κ1) is 22.2. The molecule has 0 aromatic heterocycles. The van der Waals surface area contributed by atoms with Crippen LogP contribution in [0.15, 0.2) is 47.1 Å². The first-order valence-corrected chi connectivity index (χ1v) is 8.57. The monoisotopic (exact) mass is 395 g/mol. The second kappa shape index (κ2) is 9.77. The van der Waals surface area contributed by atoms with Crippen LogP contribution in [-0.2, 0) is 19.0 Å². The van der Waals surface area contributed by atoms with Gasteiger partial charge in [0.2, 0.25) is 0 Å². The van der Waals surface area contributed by atoms with Crippen molar-refractivity contribution in [3.8, 4) is 0 Å². The molecule has 27 heavy (non-hydrogen) atoms. The first-order chi connectivity index (χ1) is 12.7. The topological polar surface area (TPSA) is 105 Å². The van der Waals surface area contributed by atoms with Gasteiger partial charge >= 0.3 is 11.9 Å². The van der Waals surface area contributed by atoms with Crippen molar-refractivity contribution in [2.24, 2.45) is 0 Å². The summed E-state index contributed by atoms with van der Waals surface area (Å²) in [5.74, 6) is -0.912. The largest absolute Gasteiger partial charge is 0.497 e. The van der Waals surface area contributed by atoms with Crippen molar-refractivity contribution in [1.29, 1.82) is 0 Å². The van der Waals surface area contributed by atoms with Crippen molar-refractivity contribution in [2.75, 3.05) is 21.3 Å². The quantitative estimate of drug-likeness (QED) is 0.164. The zero-order valence-electron chi connectivity index (χ0n) is 15.7. The van der Waals surface area contributed by atoms with E-state index >= 15 is 0 Å². The van der Waals surface area contributed by atoms with E-state index in [1.807, 2.05) is 0 Å². The summed E-state index contributed by atoms with van der Waals surface area (Å²) < 4.78 is 13.4. The Morgan fingerprint density at radius 2 is 1.85 bits per heavy atom. The highest BCUT2D eigenvalue weighted by Gasteiger charge is 2.37. The van der Waals surface area contributed by atoms with Gasteiger partial charge in [-0.1, -0.05) is 17.8 Å². The lowest BCUT2D eigenvalue weighted by atomic mass is 10.1. The Morgan fingerprint density at radius 1 is 1.19 bits per heavy atom. The molecule has 8 nitrogen and oxygen atoms in total. The molecule has 146 valence electrons. The summed E-state index contributed by atoms with van der Waals surface area (Å²) in [5, 5.41) is 11.5. The third-order valence-corrected chi connectivity index (χ3v) is 4.75. The number of esters is 2. The number of allylic oxidation sites excluding steroid dienone is 2. The minimum atomic E-state index is -1.31. The minimum absolute atomic E-state index is 0.0374. The zero-order chi connectivity index (χ0) is 20.6. The standard InChI is InChI=1S/C18H21NO7S/c1-6-7-13(24-3)11-18(2,17(21)26-5)27-15-9-8-12(16(20)25-4)10-14(15)19(22)23/h6-11H,1-5H3/b7-6-,13-11+. The Balaban J connectivity index is 3.47. The van der Waals surface area contributed by atoms with Crippen molar-refractivity contribution in [3.63, 3.8) is 0 Å². The molecule has 0 fully saturated rings. The molecule has 0 saturated heterocycles. The summed E-state index contributed by atoms with van der Waals surface area (Å²) in [5.41, 5.74) is -0.285. The van der Waals surface area contributed by atoms with E-state index in [1.54, 1.807) is 26.0 Å². The number of hydrogen-bond acceptors (Lipinski definition) is 8. The van der Waals surface area contributed by atoms with E-state index in [0.717, 1.165) is 17.8 Å². The molecular weight excluding hydrogens is 374 g/mol. The SMILES string of the molecule is C/C=C\C(=C/C(C)(Sc1ccc(C(=O)OC)cc1[N+](=O)[O-])C(=O)OC)OC. The van der Waals surface area contributed by atoms with Crippen LogP contribution >= 0.6 is 11.8 Å². The highest BCUT2D eigenvalue weighted by molar-refractivity contribution is 8.01. The zero-order valence-corrected chi connectivity index (χ0v) is 16.5. The molecule has 0 bridgehead atoms. The summed E-state index contributed by atoms with van der Waals surface area (Å²) in [4.78, 5) is 35.0. The van der Waals surface area contributed by atoms with Gasteiger partial charge < -0.3 is 14.2 Å². The molecule has 1 unspecified atom stereocenters. The molecule has 0 N–H and O–H groups in total. The highest BCUT2D eigenvalue weighted by atomic mass is 32.2. The Bertz CT molecular complexity index is 788. The molecule has 1 aromatic rings. The van der Waals surface area contributed by atoms with Crippen molar-refractivity contribution in [3.05, 3.63) is 57.9 Å². The average molecular weight is 395 g/mol. The number of nitrogens with zero attached hydrogens (tertiary/aromatic N) is 1. The van der Waals surface area contributed by atoms with E-state index in [0.29, 0.717) is 5.76 Å². The fourth-order valence-corrected chi connectivity index (χ4v) is 3.34. The van der Waals surface area contributed by atoms with Crippen LogP contribution in [0.5, 0.6) is 0 Å². The van der Waals surface area contributed by atoms with Crippen LogP contribution in [0.25, 0.3) is 0 Å². The number of methoxy groups -OCH3 is 3. The summed E-state index contributed by atoms with van der Waals surface area (Å²) >= 11 is 0.918. The number of nitro groups is 1. The van der Waals surface area contributed by atoms with Gasteiger partial charge in [0.25, 0.3) is 5.69 Å². The fourth-order valence-electron chi connectivity index (χ4n) is 2.16. The van der Waals surface area contributed by atoms with Crippen molar-refractivity contribution < 1.29 is 28.7 Å². The van der Waals surface area contributed by atoms with E-state index in [-0.39, 0.29) is 16.1 Å². The maximum Gasteiger partial charge on any atom is 0.338 e. The van der Waals surface area contributed by atoms with Crippen LogP contribution in [0.2, 0.25) is 0 Å². The lowest BCUT2D eigenvalue weighted by molar-refractivity contribution is -0.387. The van der Waals surface area contributed by atoms with Gasteiger partial charge in [-0.15, -0.1) is 0 Å². The Morgan fingerprint density at radius 3 is 2.33 bits per heavy atom. The van der Waals surface area contributed by atoms with E-state index < -0.39 is 21.6 Å². The summed E-state index contributed by atoms with van der Waals surface area (Å²) in [6.45, 7) is 3.34. The average Bonchev–Trinajstić information content (AvgIpc) is 2.66. The fraction of sp³-hybridized carbons (Fsp3) is 0.333. The Kier molecular flexibility index (Phi) is 8.04. The summed E-state index contributed by atoms with van der Waals surface area (Å²) in [6.07, 6.45) is 4.89. The highest BCUT2D eigenvalue weighted by Crippen LogP contribution is 2.41. The molecule has 0 aliphatic heterocycles. The van der Waals surface area contributed by atoms with Gasteiger partial charge in [0.1, 0.15) is 10.5 Å². The molecule has 1 aromatic carbocycles. The number of thioether (sulfide) groups is 1. The number of carbonyl (C=O) groups is 2. The van der Waals surface area contributed by atoms with E-state index in [4.69, 9.17) is 9.47 Å². The molecule has 0 aliphatic carbocycles. The second-order valence-corrected chi connectivity index (χ2v) is 6.87. The van der Waals surface area contributed by atoms with Gasteiger partial charge in [0.15, 0.2) is 0 Å². The molecular formula is C18H21NO7S. The predicted molar refractivity (Wildman–Crippen MR) is 101 cm³/mol. The maximum absolute atomic E-state index is 12.4. The normalized spacial score (nSPS) is 13.7. The first-order valence-electron chi connectivity index (χ1n) is 7.76. The lowest BCUT2D eigenvalue weighted by Crippen LogP contribution is -2.31. The predicted octanol–water partition coefficient (Wildman–Crippen LogP) is 3.51. The molecule has 0 aliphatic rings. The number of rotatable bonds is 8. The molecule has 1 atom stereocenters. The summed E-state index contributed by atoms with van der Waals surface area (Å²) in [6, 6.07) is 3.90. The second-order valence-electron chi connectivity index (χ2n) is 5.38. The number of benzene rings is 1. The number of ether oxygens (including phenoxy) is 3. The van der Waals surface area contributed by atoms with E-state index in [9.17, 15) is 19.7 Å². The maximum atomic E-state index is 12.4. The molecule has 0 radical (unpaired) electrons. The van der Waals surface area contributed by atoms with Crippen LogP contribution in [0.3, 0.4) is 0 Å². The van der Waals surface area contributed by atoms with E-state index in [1.165, 1.54) is 39.5 Å². The lowest BCUT2D eigenvalue weighted by Gasteiger charge is -2.23. The molecule has 0 saturated carbocycles. The third kappa shape index (κ3) is 5.58. The smallest absolute Gasteiger partial charge is 0.338 e. The molecule has 1 rings (SSSR count). The van der Waals surface area contributed by atoms with Crippen LogP contribution < -0.4 is 0 Å². The molecule has 0 heterocycles. The van der Waals surface area contributed by atoms with Crippen LogP contribution in [-0.4, -0.2) is 42.9 Å².